The maximum Gasteiger partial charge on any atom is 0.315 e. The molecule has 2 amide bonds. The van der Waals surface area contributed by atoms with E-state index in [1.807, 2.05) is 0 Å². The summed E-state index contributed by atoms with van der Waals surface area (Å²) in [6, 6.07) is 6.31. The molecule has 24 heavy (non-hydrogen) atoms. The Hall–Kier alpha value is -1.75. The molecule has 0 fully saturated rings. The number of nitrogens with one attached hydrogen (secondary N) is 2. The average Bonchev–Trinajstić information content (AvgIpc) is 2.58. The molecule has 3 N–H and O–H groups in total. The van der Waals surface area contributed by atoms with Crippen LogP contribution in [0.15, 0.2) is 18.2 Å². The van der Waals surface area contributed by atoms with Crippen molar-refractivity contribution in [1.29, 1.82) is 0 Å². The van der Waals surface area contributed by atoms with Crippen LogP contribution in [0.5, 0.6) is 0 Å². The summed E-state index contributed by atoms with van der Waals surface area (Å²) in [6.45, 7) is 4.58. The van der Waals surface area contributed by atoms with Crippen LogP contribution in [0, 0.1) is 5.92 Å². The molecule has 0 saturated carbocycles. The van der Waals surface area contributed by atoms with E-state index in [0.29, 0.717) is 19.0 Å². The molecule has 0 aliphatic carbocycles. The summed E-state index contributed by atoms with van der Waals surface area (Å²) in [5, 5.41) is 14.9. The van der Waals surface area contributed by atoms with Crippen LogP contribution in [-0.2, 0) is 13.0 Å². The molecule has 5 heteroatoms. The summed E-state index contributed by atoms with van der Waals surface area (Å²) >= 11 is 0. The topological polar surface area (TPSA) is 64.6 Å². The first-order chi connectivity index (χ1) is 11.6. The van der Waals surface area contributed by atoms with Crippen molar-refractivity contribution in [3.8, 4) is 0 Å². The van der Waals surface area contributed by atoms with Crippen molar-refractivity contribution < 1.29 is 9.90 Å². The van der Waals surface area contributed by atoms with Crippen LogP contribution in [0.3, 0.4) is 0 Å². The standard InChI is InChI=1S/C19H31N3O2/c1-3-5-15(9-11-23)13-20-19(24)21-14-16-7-8-18-17(12-16)6-4-10-22(18)2/h7-8,12,15,23H,3-6,9-11,13-14H2,1-2H3,(H2,20,21,24). The minimum Gasteiger partial charge on any atom is -0.396 e. The predicted molar refractivity (Wildman–Crippen MR) is 98.4 cm³/mol. The molecule has 1 aliphatic rings. The quantitative estimate of drug-likeness (QED) is 0.685. The molecule has 0 saturated heterocycles. The minimum atomic E-state index is -0.135. The maximum absolute atomic E-state index is 12.0. The van der Waals surface area contributed by atoms with Crippen molar-refractivity contribution in [3.05, 3.63) is 29.3 Å². The number of anilines is 1. The number of aliphatic hydroxyl groups excluding tert-OH is 1. The van der Waals surface area contributed by atoms with Crippen molar-refractivity contribution in [2.45, 2.75) is 45.6 Å². The molecule has 134 valence electrons. The number of aryl methyl sites for hydroxylation is 1. The number of carbonyl (C=O) groups is 1. The Morgan fingerprint density at radius 2 is 2.17 bits per heavy atom. The Morgan fingerprint density at radius 1 is 1.33 bits per heavy atom. The van der Waals surface area contributed by atoms with E-state index in [-0.39, 0.29) is 12.6 Å². The number of hydrogen-bond donors (Lipinski definition) is 3. The number of carbonyl (C=O) groups excluding carboxylic acids is 1. The Kier molecular flexibility index (Phi) is 7.37. The molecule has 2 rings (SSSR count). The molecule has 0 spiro atoms. The van der Waals surface area contributed by atoms with Gasteiger partial charge in [-0.3, -0.25) is 0 Å². The lowest BCUT2D eigenvalue weighted by atomic mass is 9.99. The van der Waals surface area contributed by atoms with Crippen molar-refractivity contribution in [2.75, 3.05) is 31.6 Å². The predicted octanol–water partition coefficient (Wildman–Crippen LogP) is 2.67. The second-order valence-electron chi connectivity index (χ2n) is 6.72. The average molecular weight is 333 g/mol. The van der Waals surface area contributed by atoms with E-state index in [2.05, 4.69) is 47.7 Å². The van der Waals surface area contributed by atoms with Gasteiger partial charge in [-0.25, -0.2) is 4.79 Å². The smallest absolute Gasteiger partial charge is 0.315 e. The fourth-order valence-electron chi connectivity index (χ4n) is 3.37. The fraction of sp³-hybridized carbons (Fsp3) is 0.632. The van der Waals surface area contributed by atoms with Crippen LogP contribution in [0.2, 0.25) is 0 Å². The zero-order valence-electron chi connectivity index (χ0n) is 15.0. The summed E-state index contributed by atoms with van der Waals surface area (Å²) in [6.07, 6.45) is 5.13. The first-order valence-electron chi connectivity index (χ1n) is 9.09. The second kappa shape index (κ2) is 9.52. The van der Waals surface area contributed by atoms with Gasteiger partial charge in [-0.1, -0.05) is 25.5 Å². The minimum absolute atomic E-state index is 0.135. The summed E-state index contributed by atoms with van der Waals surface area (Å²) in [5.74, 6) is 0.352. The first-order valence-corrected chi connectivity index (χ1v) is 9.09. The summed E-state index contributed by atoms with van der Waals surface area (Å²) in [5.41, 5.74) is 3.81. The molecular weight excluding hydrogens is 302 g/mol. The highest BCUT2D eigenvalue weighted by Crippen LogP contribution is 2.26. The second-order valence-corrected chi connectivity index (χ2v) is 6.72. The first kappa shape index (κ1) is 18.6. The van der Waals surface area contributed by atoms with E-state index in [0.717, 1.165) is 37.8 Å². The van der Waals surface area contributed by atoms with Crippen molar-refractivity contribution in [1.82, 2.24) is 10.6 Å². The Balaban J connectivity index is 1.79. The van der Waals surface area contributed by atoms with E-state index in [1.165, 1.54) is 17.7 Å². The number of urea groups is 1. The molecule has 1 aromatic carbocycles. The number of rotatable bonds is 8. The third-order valence-corrected chi connectivity index (χ3v) is 4.73. The normalized spacial score (nSPS) is 14.9. The van der Waals surface area contributed by atoms with Gasteiger partial charge in [-0.2, -0.15) is 0 Å². The van der Waals surface area contributed by atoms with Gasteiger partial charge < -0.3 is 20.6 Å². The van der Waals surface area contributed by atoms with Crippen molar-refractivity contribution in [2.24, 2.45) is 5.92 Å². The van der Waals surface area contributed by atoms with E-state index >= 15 is 0 Å². The number of amides is 2. The summed E-state index contributed by atoms with van der Waals surface area (Å²) in [7, 11) is 2.13. The molecule has 1 atom stereocenters. The largest absolute Gasteiger partial charge is 0.396 e. The van der Waals surface area contributed by atoms with Crippen LogP contribution >= 0.6 is 0 Å². The molecule has 0 bridgehead atoms. The van der Waals surface area contributed by atoms with E-state index in [4.69, 9.17) is 5.11 Å². The Bertz CT molecular complexity index is 527. The third-order valence-electron chi connectivity index (χ3n) is 4.73. The van der Waals surface area contributed by atoms with Gasteiger partial charge in [0.2, 0.25) is 0 Å². The van der Waals surface area contributed by atoms with Gasteiger partial charge in [-0.05, 0) is 48.8 Å². The Labute approximate surface area is 145 Å². The van der Waals surface area contributed by atoms with Gasteiger partial charge in [-0.15, -0.1) is 0 Å². The van der Waals surface area contributed by atoms with E-state index < -0.39 is 0 Å². The molecule has 1 aromatic rings. The van der Waals surface area contributed by atoms with Gasteiger partial charge in [0.05, 0.1) is 0 Å². The number of aliphatic hydroxyl groups is 1. The molecule has 0 aromatic heterocycles. The van der Waals surface area contributed by atoms with Gasteiger partial charge >= 0.3 is 6.03 Å². The van der Waals surface area contributed by atoms with Crippen molar-refractivity contribution in [3.63, 3.8) is 0 Å². The highest BCUT2D eigenvalue weighted by Gasteiger charge is 2.14. The number of hydrogen-bond acceptors (Lipinski definition) is 3. The van der Waals surface area contributed by atoms with Crippen LogP contribution < -0.4 is 15.5 Å². The lowest BCUT2D eigenvalue weighted by molar-refractivity contribution is 0.229. The number of benzene rings is 1. The number of nitrogens with zero attached hydrogens (tertiary/aromatic N) is 1. The molecule has 1 unspecified atom stereocenters. The van der Waals surface area contributed by atoms with Crippen molar-refractivity contribution >= 4 is 11.7 Å². The fourth-order valence-corrected chi connectivity index (χ4v) is 3.37. The number of fused-ring (bicyclic) bond motifs is 1. The third kappa shape index (κ3) is 5.41. The molecule has 0 radical (unpaired) electrons. The highest BCUT2D eigenvalue weighted by molar-refractivity contribution is 5.73. The molecule has 1 aliphatic heterocycles. The Morgan fingerprint density at radius 3 is 2.92 bits per heavy atom. The van der Waals surface area contributed by atoms with E-state index in [1.54, 1.807) is 0 Å². The molecular formula is C19H31N3O2. The summed E-state index contributed by atoms with van der Waals surface area (Å²) in [4.78, 5) is 14.3. The van der Waals surface area contributed by atoms with Gasteiger partial charge in [0, 0.05) is 39.0 Å². The van der Waals surface area contributed by atoms with Crippen LogP contribution in [-0.4, -0.2) is 37.9 Å². The summed E-state index contributed by atoms with van der Waals surface area (Å²) < 4.78 is 0. The zero-order valence-corrected chi connectivity index (χ0v) is 15.0. The van der Waals surface area contributed by atoms with Crippen LogP contribution in [0.1, 0.15) is 43.7 Å². The molecule has 5 nitrogen and oxygen atoms in total. The van der Waals surface area contributed by atoms with Crippen LogP contribution in [0.25, 0.3) is 0 Å². The SMILES string of the molecule is CCCC(CCO)CNC(=O)NCc1ccc2c(c1)CCCN2C. The van der Waals surface area contributed by atoms with Crippen LogP contribution in [0.4, 0.5) is 10.5 Å². The molecule has 1 heterocycles. The monoisotopic (exact) mass is 333 g/mol. The van der Waals surface area contributed by atoms with Gasteiger partial charge in [0.25, 0.3) is 0 Å². The van der Waals surface area contributed by atoms with Gasteiger partial charge in [0.1, 0.15) is 0 Å². The maximum atomic E-state index is 12.0. The van der Waals surface area contributed by atoms with E-state index in [9.17, 15) is 4.79 Å². The lowest BCUT2D eigenvalue weighted by Gasteiger charge is -2.27. The zero-order chi connectivity index (χ0) is 17.4. The lowest BCUT2D eigenvalue weighted by Crippen LogP contribution is -2.38. The van der Waals surface area contributed by atoms with Gasteiger partial charge in [0.15, 0.2) is 0 Å². The highest BCUT2D eigenvalue weighted by atomic mass is 16.3.